The van der Waals surface area contributed by atoms with Crippen LogP contribution in [0, 0.1) is 6.92 Å². The molecule has 3 aromatic rings. The van der Waals surface area contributed by atoms with Gasteiger partial charge < -0.3 is 14.6 Å². The van der Waals surface area contributed by atoms with E-state index in [0.29, 0.717) is 33.8 Å². The highest BCUT2D eigenvalue weighted by Crippen LogP contribution is 2.28. The first-order valence-corrected chi connectivity index (χ1v) is 9.40. The molecule has 2 aromatic carbocycles. The molecule has 3 rings (SSSR count). The number of carboxylic acid groups (broad SMARTS) is 1. The molecule has 8 nitrogen and oxygen atoms in total. The highest BCUT2D eigenvalue weighted by atomic mass is 79.9. The van der Waals surface area contributed by atoms with E-state index in [4.69, 9.17) is 14.6 Å². The van der Waals surface area contributed by atoms with Gasteiger partial charge in [0.25, 0.3) is 5.56 Å². The van der Waals surface area contributed by atoms with Gasteiger partial charge in [0.2, 0.25) is 0 Å². The highest BCUT2D eigenvalue weighted by Gasteiger charge is 2.15. The first-order valence-electron chi connectivity index (χ1n) is 8.61. The Hall–Kier alpha value is -3.20. The first-order chi connectivity index (χ1) is 13.8. The second-order valence-electron chi connectivity index (χ2n) is 6.19. The van der Waals surface area contributed by atoms with Crippen molar-refractivity contribution in [3.63, 3.8) is 0 Å². The van der Waals surface area contributed by atoms with E-state index in [9.17, 15) is 9.59 Å². The van der Waals surface area contributed by atoms with Crippen LogP contribution in [0.5, 0.6) is 11.5 Å². The van der Waals surface area contributed by atoms with Gasteiger partial charge in [-0.25, -0.2) is 9.78 Å². The number of methoxy groups -OCH3 is 1. The lowest BCUT2D eigenvalue weighted by atomic mass is 10.2. The minimum Gasteiger partial charge on any atom is -0.493 e. The molecule has 150 valence electrons. The maximum absolute atomic E-state index is 12.8. The van der Waals surface area contributed by atoms with Gasteiger partial charge in [0.15, 0.2) is 17.6 Å². The Bertz CT molecular complexity index is 1170. The Morgan fingerprint density at radius 2 is 2.03 bits per heavy atom. The minimum absolute atomic E-state index is 0.285. The fourth-order valence-corrected chi connectivity index (χ4v) is 2.98. The number of fused-ring (bicyclic) bond motifs is 1. The number of aliphatic carboxylic acids is 1. The molecule has 9 heteroatoms. The van der Waals surface area contributed by atoms with Crippen molar-refractivity contribution in [2.45, 2.75) is 20.0 Å². The zero-order valence-corrected chi connectivity index (χ0v) is 17.5. The van der Waals surface area contributed by atoms with Crippen molar-refractivity contribution in [2.75, 3.05) is 7.11 Å². The molecule has 0 unspecified atom stereocenters. The van der Waals surface area contributed by atoms with Crippen LogP contribution in [0.25, 0.3) is 10.9 Å². The van der Waals surface area contributed by atoms with E-state index in [0.717, 1.165) is 4.47 Å². The van der Waals surface area contributed by atoms with E-state index in [1.54, 1.807) is 37.3 Å². The molecule has 0 spiro atoms. The van der Waals surface area contributed by atoms with Gasteiger partial charge >= 0.3 is 5.97 Å². The average Bonchev–Trinajstić information content (AvgIpc) is 2.69. The Morgan fingerprint density at radius 1 is 1.28 bits per heavy atom. The first kappa shape index (κ1) is 20.5. The quantitative estimate of drug-likeness (QED) is 0.567. The lowest BCUT2D eigenvalue weighted by Gasteiger charge is -2.14. The van der Waals surface area contributed by atoms with Crippen LogP contribution in [0.1, 0.15) is 18.3 Å². The number of carboxylic acids is 1. The normalized spacial score (nSPS) is 12.3. The summed E-state index contributed by atoms with van der Waals surface area (Å²) in [5, 5.41) is 13.7. The zero-order valence-electron chi connectivity index (χ0n) is 15.9. The number of hydrogen-bond donors (Lipinski definition) is 1. The van der Waals surface area contributed by atoms with Crippen molar-refractivity contribution in [1.29, 1.82) is 0 Å². The fraction of sp³-hybridized carbons (Fsp3) is 0.200. The number of hydrogen-bond acceptors (Lipinski definition) is 6. The molecule has 1 heterocycles. The molecule has 0 fully saturated rings. The topological polar surface area (TPSA) is 103 Å². The van der Waals surface area contributed by atoms with E-state index >= 15 is 0 Å². The molecule has 1 atom stereocenters. The maximum atomic E-state index is 12.8. The fourth-order valence-electron chi connectivity index (χ4n) is 2.62. The largest absolute Gasteiger partial charge is 0.493 e. The molecule has 0 saturated carbocycles. The monoisotopic (exact) mass is 459 g/mol. The van der Waals surface area contributed by atoms with Crippen LogP contribution >= 0.6 is 15.9 Å². The summed E-state index contributed by atoms with van der Waals surface area (Å²) in [7, 11) is 1.45. The molecule has 0 aliphatic rings. The van der Waals surface area contributed by atoms with Crippen LogP contribution in [0.15, 0.2) is 50.8 Å². The van der Waals surface area contributed by atoms with Gasteiger partial charge in [0.1, 0.15) is 5.82 Å². The van der Waals surface area contributed by atoms with Crippen molar-refractivity contribution < 1.29 is 19.4 Å². The predicted molar refractivity (Wildman–Crippen MR) is 112 cm³/mol. The number of carbonyl (C=O) groups is 1. The van der Waals surface area contributed by atoms with Crippen molar-refractivity contribution >= 4 is 39.0 Å². The lowest BCUT2D eigenvalue weighted by Crippen LogP contribution is -2.23. The third-order valence-corrected chi connectivity index (χ3v) is 4.62. The molecule has 1 N–H and O–H groups in total. The smallest absolute Gasteiger partial charge is 0.344 e. The van der Waals surface area contributed by atoms with Crippen LogP contribution in [0.2, 0.25) is 0 Å². The predicted octanol–water partition coefficient (Wildman–Crippen LogP) is 3.21. The van der Waals surface area contributed by atoms with Gasteiger partial charge in [-0.05, 0) is 55.8 Å². The minimum atomic E-state index is -1.08. The Morgan fingerprint density at radius 3 is 2.72 bits per heavy atom. The van der Waals surface area contributed by atoms with Crippen molar-refractivity contribution in [2.24, 2.45) is 5.10 Å². The van der Waals surface area contributed by atoms with Crippen LogP contribution < -0.4 is 15.0 Å². The zero-order chi connectivity index (χ0) is 21.1. The van der Waals surface area contributed by atoms with E-state index in [2.05, 4.69) is 26.0 Å². The number of benzene rings is 2. The third-order valence-electron chi connectivity index (χ3n) is 4.13. The molecular formula is C20H18BrN3O5. The molecule has 1 aromatic heterocycles. The van der Waals surface area contributed by atoms with Gasteiger partial charge in [-0.15, -0.1) is 0 Å². The summed E-state index contributed by atoms with van der Waals surface area (Å²) in [5.41, 5.74) is 0.947. The van der Waals surface area contributed by atoms with Crippen LogP contribution in [0.3, 0.4) is 0 Å². The molecule has 0 amide bonds. The molecule has 0 aliphatic carbocycles. The molecule has 0 saturated heterocycles. The number of nitrogens with zero attached hydrogens (tertiary/aromatic N) is 3. The van der Waals surface area contributed by atoms with E-state index in [-0.39, 0.29) is 5.56 Å². The summed E-state index contributed by atoms with van der Waals surface area (Å²) in [6.07, 6.45) is 0.472. The number of ether oxygens (including phenoxy) is 2. The summed E-state index contributed by atoms with van der Waals surface area (Å²) in [6.45, 7) is 3.13. The Labute approximate surface area is 174 Å². The number of aryl methyl sites for hydroxylation is 1. The van der Waals surface area contributed by atoms with Gasteiger partial charge in [0, 0.05) is 4.47 Å². The van der Waals surface area contributed by atoms with Crippen molar-refractivity contribution in [3.8, 4) is 11.5 Å². The van der Waals surface area contributed by atoms with Crippen LogP contribution in [-0.4, -0.2) is 40.2 Å². The number of halogens is 1. The van der Waals surface area contributed by atoms with Crippen molar-refractivity contribution in [1.82, 2.24) is 9.66 Å². The van der Waals surface area contributed by atoms with Gasteiger partial charge in [-0.2, -0.15) is 9.78 Å². The van der Waals surface area contributed by atoms with Crippen LogP contribution in [-0.2, 0) is 4.79 Å². The van der Waals surface area contributed by atoms with Gasteiger partial charge in [0.05, 0.1) is 24.2 Å². The number of rotatable bonds is 6. The Balaban J connectivity index is 1.96. The van der Waals surface area contributed by atoms with Gasteiger partial charge in [-0.3, -0.25) is 4.79 Å². The Kier molecular flexibility index (Phi) is 5.97. The average molecular weight is 460 g/mol. The molecule has 0 radical (unpaired) electrons. The lowest BCUT2D eigenvalue weighted by molar-refractivity contribution is -0.144. The van der Waals surface area contributed by atoms with E-state index in [1.807, 2.05) is 6.07 Å². The third kappa shape index (κ3) is 4.45. The maximum Gasteiger partial charge on any atom is 0.344 e. The van der Waals surface area contributed by atoms with E-state index in [1.165, 1.54) is 24.9 Å². The molecule has 0 bridgehead atoms. The molecule has 29 heavy (non-hydrogen) atoms. The summed E-state index contributed by atoms with van der Waals surface area (Å²) in [4.78, 5) is 28.2. The standard InChI is InChI=1S/C20H18BrN3O5/c1-11(20(26)27)29-17-7-4-13(8-18(17)28-3)10-22-24-12(2)23-16-6-5-14(21)9-15(16)19(24)25/h4-11H,1-3H3,(H,26,27)/t11-/m0/s1. The van der Waals surface area contributed by atoms with Gasteiger partial charge in [-0.1, -0.05) is 15.9 Å². The number of aromatic nitrogens is 2. The van der Waals surface area contributed by atoms with Crippen molar-refractivity contribution in [3.05, 3.63) is 62.6 Å². The summed E-state index contributed by atoms with van der Waals surface area (Å²) >= 11 is 3.36. The molecular weight excluding hydrogens is 442 g/mol. The second kappa shape index (κ2) is 8.44. The molecule has 0 aliphatic heterocycles. The van der Waals surface area contributed by atoms with E-state index < -0.39 is 12.1 Å². The summed E-state index contributed by atoms with van der Waals surface area (Å²) < 4.78 is 12.6. The van der Waals surface area contributed by atoms with Crippen LogP contribution in [0.4, 0.5) is 0 Å². The second-order valence-corrected chi connectivity index (χ2v) is 7.11. The highest BCUT2D eigenvalue weighted by molar-refractivity contribution is 9.10. The SMILES string of the molecule is COc1cc(C=Nn2c(C)nc3ccc(Br)cc3c2=O)ccc1O[C@@H](C)C(=O)O. The summed E-state index contributed by atoms with van der Waals surface area (Å²) in [5.74, 6) is 0.0167. The summed E-state index contributed by atoms with van der Waals surface area (Å²) in [6, 6.07) is 10.2.